The lowest BCUT2D eigenvalue weighted by Gasteiger charge is -2.27. The van der Waals surface area contributed by atoms with Gasteiger partial charge in [-0.2, -0.15) is 0 Å². The van der Waals surface area contributed by atoms with Crippen molar-refractivity contribution in [2.75, 3.05) is 11.5 Å². The van der Waals surface area contributed by atoms with Crippen molar-refractivity contribution in [3.63, 3.8) is 0 Å². The molecule has 2 aliphatic rings. The van der Waals surface area contributed by atoms with Crippen molar-refractivity contribution in [3.05, 3.63) is 51.5 Å². The van der Waals surface area contributed by atoms with Gasteiger partial charge in [0.05, 0.1) is 12.3 Å². The third kappa shape index (κ3) is 2.44. The molecule has 0 spiro atoms. The van der Waals surface area contributed by atoms with Crippen molar-refractivity contribution >= 4 is 33.5 Å². The average Bonchev–Trinajstić information content (AvgIpc) is 3.18. The molecule has 28 heavy (non-hydrogen) atoms. The molecule has 0 saturated heterocycles. The van der Waals surface area contributed by atoms with E-state index in [-0.39, 0.29) is 23.3 Å². The first-order chi connectivity index (χ1) is 13.3. The third-order valence-electron chi connectivity index (χ3n) is 5.32. The number of carbonyl (C=O) groups excluding carboxylic acids is 1. The fraction of sp³-hybridized carbons (Fsp3) is 0.300. The van der Waals surface area contributed by atoms with Crippen molar-refractivity contribution in [2.24, 2.45) is 0 Å². The van der Waals surface area contributed by atoms with Gasteiger partial charge in [-0.05, 0) is 30.2 Å². The highest BCUT2D eigenvalue weighted by molar-refractivity contribution is 9.10. The molecule has 4 rings (SSSR count). The summed E-state index contributed by atoms with van der Waals surface area (Å²) >= 11 is 3.38. The molecule has 0 aliphatic carbocycles. The minimum atomic E-state index is -2.22. The summed E-state index contributed by atoms with van der Waals surface area (Å²) in [5, 5.41) is 31.9. The number of aliphatic hydroxyl groups is 1. The van der Waals surface area contributed by atoms with Crippen LogP contribution in [-0.4, -0.2) is 39.8 Å². The summed E-state index contributed by atoms with van der Waals surface area (Å²) in [4.78, 5) is 26.3. The van der Waals surface area contributed by atoms with Crippen LogP contribution in [0.3, 0.4) is 0 Å². The van der Waals surface area contributed by atoms with Crippen LogP contribution < -0.4 is 9.64 Å². The lowest BCUT2D eigenvalue weighted by atomic mass is 9.85. The van der Waals surface area contributed by atoms with Crippen molar-refractivity contribution in [3.8, 4) is 11.5 Å². The number of rotatable bonds is 4. The molecule has 2 atom stereocenters. The first-order valence-electron chi connectivity index (χ1n) is 8.87. The number of phenolic OH excluding ortho intramolecular Hbond substituents is 1. The second kappa shape index (κ2) is 6.49. The first kappa shape index (κ1) is 18.8. The van der Waals surface area contributed by atoms with Gasteiger partial charge in [0.25, 0.3) is 5.91 Å². The SMILES string of the molecule is CCC(C(=O)O)N1C(=O)C(O)(c2cc3c(cc2O)OCC3)c2c(Br)cccc21. The summed E-state index contributed by atoms with van der Waals surface area (Å²) in [7, 11) is 0. The van der Waals surface area contributed by atoms with Crippen LogP contribution in [0.15, 0.2) is 34.8 Å². The Morgan fingerprint density at radius 3 is 2.82 bits per heavy atom. The normalized spacial score (nSPS) is 21.2. The van der Waals surface area contributed by atoms with Crippen molar-refractivity contribution in [1.82, 2.24) is 0 Å². The van der Waals surface area contributed by atoms with E-state index in [2.05, 4.69) is 15.9 Å². The van der Waals surface area contributed by atoms with Crippen LogP contribution in [0.1, 0.15) is 30.0 Å². The maximum absolute atomic E-state index is 13.4. The summed E-state index contributed by atoms with van der Waals surface area (Å²) in [5.74, 6) is -1.75. The standard InChI is InChI=1S/C20H18BrNO6/c1-2-13(18(24)25)22-14-5-3-4-12(21)17(14)20(27,19(22)26)11-8-10-6-7-28-16(10)9-15(11)23/h3-5,8-9,13,23,27H,2,6-7H2,1H3,(H,24,25). The number of hydrogen-bond donors (Lipinski definition) is 3. The van der Waals surface area contributed by atoms with Gasteiger partial charge in [-0.25, -0.2) is 4.79 Å². The topological polar surface area (TPSA) is 107 Å². The van der Waals surface area contributed by atoms with Crippen LogP contribution >= 0.6 is 15.9 Å². The van der Waals surface area contributed by atoms with Crippen LogP contribution in [-0.2, 0) is 21.6 Å². The summed E-state index contributed by atoms with van der Waals surface area (Å²) in [6, 6.07) is 6.72. The number of carboxylic acids is 1. The van der Waals surface area contributed by atoms with Crippen molar-refractivity contribution in [2.45, 2.75) is 31.4 Å². The van der Waals surface area contributed by atoms with Gasteiger partial charge in [0.2, 0.25) is 5.60 Å². The molecule has 3 N–H and O–H groups in total. The van der Waals surface area contributed by atoms with Gasteiger partial charge >= 0.3 is 5.97 Å². The zero-order valence-electron chi connectivity index (χ0n) is 15.0. The Kier molecular flexibility index (Phi) is 4.35. The number of ether oxygens (including phenoxy) is 1. The lowest BCUT2D eigenvalue weighted by Crippen LogP contribution is -2.48. The van der Waals surface area contributed by atoms with Gasteiger partial charge in [-0.3, -0.25) is 9.69 Å². The highest BCUT2D eigenvalue weighted by Crippen LogP contribution is 2.51. The van der Waals surface area contributed by atoms with Crippen LogP contribution in [0, 0.1) is 0 Å². The Labute approximate surface area is 169 Å². The molecule has 2 aliphatic heterocycles. The fourth-order valence-electron chi connectivity index (χ4n) is 3.99. The number of fused-ring (bicyclic) bond motifs is 2. The van der Waals surface area contributed by atoms with E-state index in [4.69, 9.17) is 4.74 Å². The molecular formula is C20H18BrNO6. The van der Waals surface area contributed by atoms with Gasteiger partial charge in [0, 0.05) is 28.1 Å². The van der Waals surface area contributed by atoms with E-state index in [0.29, 0.717) is 28.9 Å². The number of halogens is 1. The zero-order valence-corrected chi connectivity index (χ0v) is 16.6. The van der Waals surface area contributed by atoms with Crippen LogP contribution in [0.4, 0.5) is 5.69 Å². The summed E-state index contributed by atoms with van der Waals surface area (Å²) in [5.41, 5.74) is -0.926. The number of amides is 1. The molecule has 2 unspecified atom stereocenters. The van der Waals surface area contributed by atoms with Gasteiger partial charge in [-0.15, -0.1) is 0 Å². The van der Waals surface area contributed by atoms with Crippen LogP contribution in [0.25, 0.3) is 0 Å². The Balaban J connectivity index is 1.98. The van der Waals surface area contributed by atoms with E-state index in [1.807, 2.05) is 0 Å². The number of anilines is 1. The Bertz CT molecular complexity index is 1010. The smallest absolute Gasteiger partial charge is 0.326 e. The van der Waals surface area contributed by atoms with E-state index < -0.39 is 23.5 Å². The summed E-state index contributed by atoms with van der Waals surface area (Å²) in [6.07, 6.45) is 0.749. The van der Waals surface area contributed by atoms with E-state index in [0.717, 1.165) is 10.5 Å². The highest BCUT2D eigenvalue weighted by atomic mass is 79.9. The summed E-state index contributed by atoms with van der Waals surface area (Å²) < 4.78 is 5.88. The Morgan fingerprint density at radius 2 is 2.14 bits per heavy atom. The quantitative estimate of drug-likeness (QED) is 0.664. The number of phenols is 1. The predicted octanol–water partition coefficient (Wildman–Crippen LogP) is 2.54. The number of hydrogen-bond acceptors (Lipinski definition) is 5. The maximum atomic E-state index is 13.4. The molecule has 2 aromatic rings. The minimum Gasteiger partial charge on any atom is -0.507 e. The monoisotopic (exact) mass is 447 g/mol. The lowest BCUT2D eigenvalue weighted by molar-refractivity contribution is -0.142. The maximum Gasteiger partial charge on any atom is 0.326 e. The number of carboxylic acid groups (broad SMARTS) is 1. The molecule has 146 valence electrons. The molecule has 0 saturated carbocycles. The number of aliphatic carboxylic acids is 1. The van der Waals surface area contributed by atoms with Crippen molar-refractivity contribution < 1.29 is 29.6 Å². The molecular weight excluding hydrogens is 430 g/mol. The van der Waals surface area contributed by atoms with Crippen LogP contribution in [0.5, 0.6) is 11.5 Å². The number of aromatic hydroxyl groups is 1. The van der Waals surface area contributed by atoms with E-state index in [1.54, 1.807) is 31.2 Å². The first-order valence-corrected chi connectivity index (χ1v) is 9.67. The third-order valence-corrected chi connectivity index (χ3v) is 5.98. The highest BCUT2D eigenvalue weighted by Gasteiger charge is 2.56. The Morgan fingerprint density at radius 1 is 1.39 bits per heavy atom. The molecule has 1 amide bonds. The van der Waals surface area contributed by atoms with Crippen LogP contribution in [0.2, 0.25) is 0 Å². The van der Waals surface area contributed by atoms with E-state index in [9.17, 15) is 24.9 Å². The number of benzene rings is 2. The van der Waals surface area contributed by atoms with Crippen molar-refractivity contribution in [1.29, 1.82) is 0 Å². The average molecular weight is 448 g/mol. The number of carbonyl (C=O) groups is 2. The second-order valence-corrected chi connectivity index (χ2v) is 7.71. The largest absolute Gasteiger partial charge is 0.507 e. The zero-order chi connectivity index (χ0) is 20.2. The van der Waals surface area contributed by atoms with E-state index >= 15 is 0 Å². The predicted molar refractivity (Wildman–Crippen MR) is 104 cm³/mol. The van der Waals surface area contributed by atoms with Gasteiger partial charge in [-0.1, -0.05) is 28.9 Å². The minimum absolute atomic E-state index is 0.0117. The molecule has 7 nitrogen and oxygen atoms in total. The molecule has 2 aromatic carbocycles. The van der Waals surface area contributed by atoms with Gasteiger partial charge in [0.1, 0.15) is 17.5 Å². The summed E-state index contributed by atoms with van der Waals surface area (Å²) in [6.45, 7) is 2.11. The molecule has 0 radical (unpaired) electrons. The van der Waals surface area contributed by atoms with Gasteiger partial charge < -0.3 is 20.1 Å². The molecule has 8 heteroatoms. The Hall–Kier alpha value is -2.58. The van der Waals surface area contributed by atoms with Gasteiger partial charge in [0.15, 0.2) is 0 Å². The number of nitrogens with zero attached hydrogens (tertiary/aromatic N) is 1. The molecule has 0 aromatic heterocycles. The molecule has 0 bridgehead atoms. The fourth-order valence-corrected chi connectivity index (χ4v) is 4.64. The second-order valence-electron chi connectivity index (χ2n) is 6.86. The molecule has 0 fully saturated rings. The molecule has 2 heterocycles. The van der Waals surface area contributed by atoms with E-state index in [1.165, 1.54) is 6.07 Å².